The summed E-state index contributed by atoms with van der Waals surface area (Å²) < 4.78 is 19.2. The Morgan fingerprint density at radius 2 is 1.86 bits per heavy atom. The summed E-state index contributed by atoms with van der Waals surface area (Å²) in [5.41, 5.74) is 2.52. The maximum Gasteiger partial charge on any atom is 0.165 e. The predicted octanol–water partition coefficient (Wildman–Crippen LogP) is 3.77. The third kappa shape index (κ3) is 4.57. The molecule has 3 nitrogen and oxygen atoms in total. The van der Waals surface area contributed by atoms with E-state index in [-0.39, 0.29) is 17.7 Å². The molecule has 2 aromatic rings. The second kappa shape index (κ2) is 7.58. The lowest BCUT2D eigenvalue weighted by atomic mass is 10.1. The Kier molecular flexibility index (Phi) is 5.51. The average molecular weight is 298 g/mol. The smallest absolute Gasteiger partial charge is 0.165 e. The Balaban J connectivity index is 1.91. The summed E-state index contributed by atoms with van der Waals surface area (Å²) in [6.07, 6.45) is -0.0501. The number of halogens is 1. The molecule has 1 N–H and O–H groups in total. The molecule has 0 saturated carbocycles. The molecule has 0 unspecified atom stereocenters. The van der Waals surface area contributed by atoms with Crippen molar-refractivity contribution in [2.24, 2.45) is 0 Å². The summed E-state index contributed by atoms with van der Waals surface area (Å²) in [6.45, 7) is 4.91. The van der Waals surface area contributed by atoms with Gasteiger partial charge in [-0.2, -0.15) is 5.26 Å². The van der Waals surface area contributed by atoms with Crippen LogP contribution in [0.1, 0.15) is 30.5 Å². The molecule has 0 aliphatic rings. The highest BCUT2D eigenvalue weighted by Gasteiger charge is 2.06. The number of hydrogen-bond acceptors (Lipinski definition) is 3. The van der Waals surface area contributed by atoms with Gasteiger partial charge in [-0.15, -0.1) is 0 Å². The highest BCUT2D eigenvalue weighted by Crippen LogP contribution is 2.19. The van der Waals surface area contributed by atoms with Crippen molar-refractivity contribution in [1.29, 1.82) is 5.26 Å². The number of rotatable bonds is 6. The highest BCUT2D eigenvalue weighted by molar-refractivity contribution is 5.33. The summed E-state index contributed by atoms with van der Waals surface area (Å²) in [7, 11) is 0. The van der Waals surface area contributed by atoms with Gasteiger partial charge in [0, 0.05) is 13.1 Å². The molecule has 0 spiro atoms. The SMILES string of the molecule is CC(C)Oc1ccc(CNCc2cccc(C#N)c2)cc1F. The Labute approximate surface area is 130 Å². The van der Waals surface area contributed by atoms with Crippen molar-refractivity contribution < 1.29 is 9.13 Å². The zero-order chi connectivity index (χ0) is 15.9. The van der Waals surface area contributed by atoms with Gasteiger partial charge in [-0.1, -0.05) is 18.2 Å². The topological polar surface area (TPSA) is 45.0 Å². The molecule has 0 saturated heterocycles. The normalized spacial score (nSPS) is 10.5. The van der Waals surface area contributed by atoms with Crippen LogP contribution in [-0.2, 0) is 13.1 Å². The van der Waals surface area contributed by atoms with Crippen molar-refractivity contribution in [3.8, 4) is 11.8 Å². The summed E-state index contributed by atoms with van der Waals surface area (Å²) >= 11 is 0. The van der Waals surface area contributed by atoms with Crippen molar-refractivity contribution >= 4 is 0 Å². The molecule has 0 bridgehead atoms. The van der Waals surface area contributed by atoms with Crippen LogP contribution in [0.15, 0.2) is 42.5 Å². The molecule has 0 atom stereocenters. The molecular formula is C18H19FN2O. The van der Waals surface area contributed by atoms with Crippen LogP contribution in [0.2, 0.25) is 0 Å². The van der Waals surface area contributed by atoms with Crippen LogP contribution in [0.4, 0.5) is 4.39 Å². The van der Waals surface area contributed by atoms with E-state index in [1.54, 1.807) is 12.1 Å². The maximum absolute atomic E-state index is 13.9. The summed E-state index contributed by atoms with van der Waals surface area (Å²) in [4.78, 5) is 0. The highest BCUT2D eigenvalue weighted by atomic mass is 19.1. The molecule has 0 aliphatic heterocycles. The van der Waals surface area contributed by atoms with Crippen LogP contribution in [0.3, 0.4) is 0 Å². The quantitative estimate of drug-likeness (QED) is 0.883. The van der Waals surface area contributed by atoms with E-state index in [2.05, 4.69) is 11.4 Å². The second-order valence-electron chi connectivity index (χ2n) is 5.35. The van der Waals surface area contributed by atoms with Gasteiger partial charge in [-0.05, 0) is 49.2 Å². The Morgan fingerprint density at radius 3 is 2.50 bits per heavy atom. The van der Waals surface area contributed by atoms with Crippen LogP contribution in [0, 0.1) is 17.1 Å². The van der Waals surface area contributed by atoms with E-state index < -0.39 is 0 Å². The van der Waals surface area contributed by atoms with Crippen molar-refractivity contribution in [1.82, 2.24) is 5.32 Å². The molecule has 0 aromatic heterocycles. The molecule has 22 heavy (non-hydrogen) atoms. The van der Waals surface area contributed by atoms with Gasteiger partial charge in [-0.25, -0.2) is 4.39 Å². The summed E-state index contributed by atoms with van der Waals surface area (Å²) in [6, 6.07) is 14.5. The third-order valence-corrected chi connectivity index (χ3v) is 3.07. The van der Waals surface area contributed by atoms with Crippen LogP contribution in [0.25, 0.3) is 0 Å². The van der Waals surface area contributed by atoms with Crippen LogP contribution in [0.5, 0.6) is 5.75 Å². The Hall–Kier alpha value is -2.38. The first-order valence-electron chi connectivity index (χ1n) is 7.23. The van der Waals surface area contributed by atoms with E-state index in [9.17, 15) is 4.39 Å². The molecule has 0 fully saturated rings. The first-order chi connectivity index (χ1) is 10.6. The van der Waals surface area contributed by atoms with Gasteiger partial charge in [0.1, 0.15) is 0 Å². The lowest BCUT2D eigenvalue weighted by Gasteiger charge is -2.12. The lowest BCUT2D eigenvalue weighted by molar-refractivity contribution is 0.231. The fourth-order valence-electron chi connectivity index (χ4n) is 2.11. The van der Waals surface area contributed by atoms with Gasteiger partial charge in [0.15, 0.2) is 11.6 Å². The van der Waals surface area contributed by atoms with E-state index in [1.165, 1.54) is 6.07 Å². The summed E-state index contributed by atoms with van der Waals surface area (Å²) in [5.74, 6) is -0.0695. The van der Waals surface area contributed by atoms with Crippen LogP contribution < -0.4 is 10.1 Å². The van der Waals surface area contributed by atoms with Gasteiger partial charge >= 0.3 is 0 Å². The molecule has 114 valence electrons. The number of nitrogens with zero attached hydrogens (tertiary/aromatic N) is 1. The van der Waals surface area contributed by atoms with Gasteiger partial charge in [-0.3, -0.25) is 0 Å². The second-order valence-corrected chi connectivity index (χ2v) is 5.35. The molecule has 0 aliphatic carbocycles. The van der Waals surface area contributed by atoms with E-state index in [0.717, 1.165) is 11.1 Å². The Morgan fingerprint density at radius 1 is 1.14 bits per heavy atom. The van der Waals surface area contributed by atoms with Gasteiger partial charge < -0.3 is 10.1 Å². The number of nitrogens with one attached hydrogen (secondary N) is 1. The average Bonchev–Trinajstić information content (AvgIpc) is 2.50. The molecule has 2 aromatic carbocycles. The van der Waals surface area contributed by atoms with Crippen LogP contribution >= 0.6 is 0 Å². The minimum absolute atomic E-state index is 0.0501. The first kappa shape index (κ1) is 16.0. The zero-order valence-electron chi connectivity index (χ0n) is 12.8. The van der Waals surface area contributed by atoms with Crippen molar-refractivity contribution in [3.63, 3.8) is 0 Å². The number of nitriles is 1. The van der Waals surface area contributed by atoms with Crippen molar-refractivity contribution in [2.75, 3.05) is 0 Å². The number of benzene rings is 2. The Bertz CT molecular complexity index is 677. The lowest BCUT2D eigenvalue weighted by Crippen LogP contribution is -2.13. The van der Waals surface area contributed by atoms with E-state index in [0.29, 0.717) is 18.7 Å². The number of hydrogen-bond donors (Lipinski definition) is 1. The molecule has 0 amide bonds. The van der Waals surface area contributed by atoms with E-state index in [4.69, 9.17) is 10.00 Å². The van der Waals surface area contributed by atoms with Crippen LogP contribution in [-0.4, -0.2) is 6.10 Å². The fourth-order valence-corrected chi connectivity index (χ4v) is 2.11. The monoisotopic (exact) mass is 298 g/mol. The molecule has 0 radical (unpaired) electrons. The minimum atomic E-state index is -0.348. The third-order valence-electron chi connectivity index (χ3n) is 3.07. The van der Waals surface area contributed by atoms with Crippen molar-refractivity contribution in [3.05, 3.63) is 65.0 Å². The largest absolute Gasteiger partial charge is 0.488 e. The van der Waals surface area contributed by atoms with Gasteiger partial charge in [0.05, 0.1) is 17.7 Å². The minimum Gasteiger partial charge on any atom is -0.488 e. The van der Waals surface area contributed by atoms with Gasteiger partial charge in [0.2, 0.25) is 0 Å². The predicted molar refractivity (Wildman–Crippen MR) is 83.9 cm³/mol. The maximum atomic E-state index is 13.9. The fraction of sp³-hybridized carbons (Fsp3) is 0.278. The first-order valence-corrected chi connectivity index (χ1v) is 7.23. The molecule has 0 heterocycles. The van der Waals surface area contributed by atoms with E-state index in [1.807, 2.05) is 38.1 Å². The van der Waals surface area contributed by atoms with E-state index >= 15 is 0 Å². The zero-order valence-corrected chi connectivity index (χ0v) is 12.8. The van der Waals surface area contributed by atoms with Crippen molar-refractivity contribution in [2.45, 2.75) is 33.0 Å². The standard InChI is InChI=1S/C18H19FN2O/c1-13(2)22-18-7-6-16(9-17(18)19)12-21-11-15-5-3-4-14(8-15)10-20/h3-9,13,21H,11-12H2,1-2H3. The number of ether oxygens (including phenoxy) is 1. The molecular weight excluding hydrogens is 279 g/mol. The molecule has 4 heteroatoms. The summed E-state index contributed by atoms with van der Waals surface area (Å²) in [5, 5.41) is 12.1. The van der Waals surface area contributed by atoms with Gasteiger partial charge in [0.25, 0.3) is 0 Å². The molecule has 2 rings (SSSR count).